The van der Waals surface area contributed by atoms with E-state index >= 15 is 0 Å². The van der Waals surface area contributed by atoms with Crippen LogP contribution in [-0.2, 0) is 0 Å². The quantitative estimate of drug-likeness (QED) is 0.721. The van der Waals surface area contributed by atoms with E-state index in [9.17, 15) is 13.2 Å². The minimum Gasteiger partial charge on any atom is -0.245 e. The van der Waals surface area contributed by atoms with Gasteiger partial charge >= 0.3 is 0 Å². The molecule has 12 heavy (non-hydrogen) atoms. The zero-order chi connectivity index (χ0) is 9.30. The first-order chi connectivity index (χ1) is 5.54. The van der Waals surface area contributed by atoms with Gasteiger partial charge in [-0.3, -0.25) is 0 Å². The lowest BCUT2D eigenvalue weighted by molar-refractivity contribution is 0.145. The molecular weight excluding hydrogens is 303 g/mol. The molecular formula is C6H2Br2F3N. The van der Waals surface area contributed by atoms with Crippen LogP contribution in [0, 0.1) is 5.82 Å². The normalized spacial score (nSPS) is 10.8. The monoisotopic (exact) mass is 303 g/mol. The molecule has 0 radical (unpaired) electrons. The number of nitrogens with zero attached hydrogens (tertiary/aromatic N) is 1. The zero-order valence-electron chi connectivity index (χ0n) is 5.49. The fraction of sp³-hybridized carbons (Fsp3) is 0.167. The van der Waals surface area contributed by atoms with Crippen LogP contribution < -0.4 is 0 Å². The molecule has 1 nitrogen and oxygen atoms in total. The van der Waals surface area contributed by atoms with E-state index in [1.165, 1.54) is 0 Å². The van der Waals surface area contributed by atoms with E-state index in [1.807, 2.05) is 0 Å². The van der Waals surface area contributed by atoms with Crippen LogP contribution in [0.25, 0.3) is 0 Å². The fourth-order valence-electron chi connectivity index (χ4n) is 0.656. The van der Waals surface area contributed by atoms with E-state index in [2.05, 4.69) is 36.8 Å². The Balaban J connectivity index is 3.33. The maximum Gasteiger partial charge on any atom is 0.267 e. The Hall–Kier alpha value is -0.100. The average Bonchev–Trinajstić information content (AvgIpc) is 1.97. The third-order valence-electron chi connectivity index (χ3n) is 1.18. The van der Waals surface area contributed by atoms with Crippen molar-refractivity contribution in [2.45, 2.75) is 6.43 Å². The van der Waals surface area contributed by atoms with Crippen LogP contribution in [0.3, 0.4) is 0 Å². The summed E-state index contributed by atoms with van der Waals surface area (Å²) in [5.41, 5.74) is -0.670. The number of rotatable bonds is 1. The highest BCUT2D eigenvalue weighted by Crippen LogP contribution is 2.31. The Morgan fingerprint density at radius 1 is 1.33 bits per heavy atom. The van der Waals surface area contributed by atoms with E-state index in [-0.39, 0.29) is 9.08 Å². The molecule has 0 fully saturated rings. The van der Waals surface area contributed by atoms with E-state index in [0.717, 1.165) is 6.20 Å². The summed E-state index contributed by atoms with van der Waals surface area (Å²) in [6.45, 7) is 0. The molecule has 1 aromatic heterocycles. The molecule has 0 N–H and O–H groups in total. The molecule has 1 aromatic rings. The zero-order valence-corrected chi connectivity index (χ0v) is 8.66. The molecule has 0 saturated carbocycles. The highest BCUT2D eigenvalue weighted by Gasteiger charge is 2.19. The smallest absolute Gasteiger partial charge is 0.245 e. The molecule has 0 aliphatic rings. The van der Waals surface area contributed by atoms with E-state index < -0.39 is 17.8 Å². The van der Waals surface area contributed by atoms with Gasteiger partial charge in [0.15, 0.2) is 5.82 Å². The topological polar surface area (TPSA) is 12.9 Å². The van der Waals surface area contributed by atoms with Crippen LogP contribution >= 0.6 is 31.9 Å². The standard InChI is InChI=1S/C6H2Br2F3N/c7-2-1-12-5(8)4(9)3(2)6(10)11/h1,6H. The number of aromatic nitrogens is 1. The number of halogens is 5. The van der Waals surface area contributed by atoms with Crippen molar-refractivity contribution in [3.05, 3.63) is 26.7 Å². The van der Waals surface area contributed by atoms with E-state index in [1.54, 1.807) is 0 Å². The maximum absolute atomic E-state index is 12.9. The van der Waals surface area contributed by atoms with Crippen LogP contribution in [0.4, 0.5) is 13.2 Å². The van der Waals surface area contributed by atoms with Crippen LogP contribution in [0.2, 0.25) is 0 Å². The number of pyridine rings is 1. The molecule has 0 aliphatic heterocycles. The van der Waals surface area contributed by atoms with Crippen LogP contribution in [0.15, 0.2) is 15.3 Å². The van der Waals surface area contributed by atoms with Gasteiger partial charge in [0.05, 0.1) is 5.56 Å². The van der Waals surface area contributed by atoms with Gasteiger partial charge in [0, 0.05) is 10.7 Å². The van der Waals surface area contributed by atoms with E-state index in [0.29, 0.717) is 0 Å². The lowest BCUT2D eigenvalue weighted by Gasteiger charge is -2.04. The van der Waals surface area contributed by atoms with Gasteiger partial charge in [-0.1, -0.05) is 0 Å². The summed E-state index contributed by atoms with van der Waals surface area (Å²) in [5, 5.41) is 0. The Bertz CT molecular complexity index is 303. The van der Waals surface area contributed by atoms with Gasteiger partial charge in [-0.05, 0) is 31.9 Å². The summed E-state index contributed by atoms with van der Waals surface area (Å²) in [4.78, 5) is 3.48. The summed E-state index contributed by atoms with van der Waals surface area (Å²) in [6, 6.07) is 0. The Labute approximate surface area is 83.2 Å². The van der Waals surface area contributed by atoms with Gasteiger partial charge < -0.3 is 0 Å². The van der Waals surface area contributed by atoms with Gasteiger partial charge in [0.2, 0.25) is 0 Å². The van der Waals surface area contributed by atoms with Crippen molar-refractivity contribution < 1.29 is 13.2 Å². The lowest BCUT2D eigenvalue weighted by atomic mass is 10.3. The van der Waals surface area contributed by atoms with Crippen molar-refractivity contribution in [2.75, 3.05) is 0 Å². The van der Waals surface area contributed by atoms with Crippen molar-refractivity contribution in [3.63, 3.8) is 0 Å². The minimum absolute atomic E-state index is 0.0294. The first-order valence-electron chi connectivity index (χ1n) is 2.81. The second-order valence-electron chi connectivity index (χ2n) is 1.93. The molecule has 1 heterocycles. The van der Waals surface area contributed by atoms with Gasteiger partial charge in [-0.15, -0.1) is 0 Å². The molecule has 0 atom stereocenters. The SMILES string of the molecule is Fc1c(Br)ncc(Br)c1C(F)F. The summed E-state index contributed by atoms with van der Waals surface area (Å²) < 4.78 is 37.0. The molecule has 0 bridgehead atoms. The van der Waals surface area contributed by atoms with Crippen LogP contribution in [0.5, 0.6) is 0 Å². The first kappa shape index (κ1) is 9.98. The Kier molecular flexibility index (Phi) is 3.11. The van der Waals surface area contributed by atoms with Gasteiger partial charge in [0.25, 0.3) is 6.43 Å². The number of hydrogen-bond acceptors (Lipinski definition) is 1. The summed E-state index contributed by atoms with van der Waals surface area (Å²) in [5.74, 6) is -1.03. The summed E-state index contributed by atoms with van der Waals surface area (Å²) >= 11 is 5.49. The summed E-state index contributed by atoms with van der Waals surface area (Å²) in [7, 11) is 0. The number of hydrogen-bond donors (Lipinski definition) is 0. The molecule has 66 valence electrons. The second kappa shape index (κ2) is 3.74. The third-order valence-corrected chi connectivity index (χ3v) is 2.37. The first-order valence-corrected chi connectivity index (χ1v) is 4.40. The molecule has 6 heteroatoms. The molecule has 0 amide bonds. The van der Waals surface area contributed by atoms with Crippen LogP contribution in [-0.4, -0.2) is 4.98 Å². The van der Waals surface area contributed by atoms with E-state index in [4.69, 9.17) is 0 Å². The lowest BCUT2D eigenvalue weighted by Crippen LogP contribution is -1.95. The van der Waals surface area contributed by atoms with Gasteiger partial charge in [0.1, 0.15) is 4.60 Å². The fourth-order valence-corrected chi connectivity index (χ4v) is 1.42. The molecule has 0 aliphatic carbocycles. The molecule has 1 rings (SSSR count). The average molecular weight is 305 g/mol. The molecule has 0 spiro atoms. The van der Waals surface area contributed by atoms with Crippen molar-refractivity contribution in [1.29, 1.82) is 0 Å². The highest BCUT2D eigenvalue weighted by molar-refractivity contribution is 9.11. The second-order valence-corrected chi connectivity index (χ2v) is 3.53. The Morgan fingerprint density at radius 3 is 2.33 bits per heavy atom. The minimum atomic E-state index is -2.85. The Morgan fingerprint density at radius 2 is 1.92 bits per heavy atom. The highest BCUT2D eigenvalue weighted by atomic mass is 79.9. The third kappa shape index (κ3) is 1.80. The van der Waals surface area contributed by atoms with Gasteiger partial charge in [-0.25, -0.2) is 18.2 Å². The maximum atomic E-state index is 12.9. The van der Waals surface area contributed by atoms with Crippen molar-refractivity contribution in [1.82, 2.24) is 4.98 Å². The predicted molar refractivity (Wildman–Crippen MR) is 44.6 cm³/mol. The number of alkyl halides is 2. The summed E-state index contributed by atoms with van der Waals surface area (Å²) in [6.07, 6.45) is -1.73. The largest absolute Gasteiger partial charge is 0.267 e. The van der Waals surface area contributed by atoms with Crippen LogP contribution in [0.1, 0.15) is 12.0 Å². The molecule has 0 aromatic carbocycles. The molecule has 0 unspecified atom stereocenters. The van der Waals surface area contributed by atoms with Gasteiger partial charge in [-0.2, -0.15) is 0 Å². The van der Waals surface area contributed by atoms with Crippen molar-refractivity contribution in [3.8, 4) is 0 Å². The predicted octanol–water partition coefficient (Wildman–Crippen LogP) is 3.68. The van der Waals surface area contributed by atoms with Crippen molar-refractivity contribution in [2.24, 2.45) is 0 Å². The molecule has 0 saturated heterocycles. The van der Waals surface area contributed by atoms with Crippen molar-refractivity contribution >= 4 is 31.9 Å².